The highest BCUT2D eigenvalue weighted by Crippen LogP contribution is 2.20. The second-order valence-corrected chi connectivity index (χ2v) is 5.60. The van der Waals surface area contributed by atoms with Crippen LogP contribution in [0.5, 0.6) is 0 Å². The highest BCUT2D eigenvalue weighted by atomic mass is 15.3. The van der Waals surface area contributed by atoms with Crippen LogP contribution in [0.15, 0.2) is 49.1 Å². The molecular weight excluding hydrogens is 260 g/mol. The van der Waals surface area contributed by atoms with Crippen molar-refractivity contribution in [2.24, 2.45) is 0 Å². The monoisotopic (exact) mass is 278 g/mol. The number of hydrogen-bond donors (Lipinski definition) is 0. The Morgan fingerprint density at radius 3 is 2.81 bits per heavy atom. The lowest BCUT2D eigenvalue weighted by Gasteiger charge is -2.13. The molecule has 0 spiro atoms. The zero-order valence-corrected chi connectivity index (χ0v) is 11.9. The van der Waals surface area contributed by atoms with Gasteiger partial charge in [0.25, 0.3) is 0 Å². The van der Waals surface area contributed by atoms with Crippen LogP contribution in [0.3, 0.4) is 0 Å². The molecule has 0 N–H and O–H groups in total. The summed E-state index contributed by atoms with van der Waals surface area (Å²) in [5, 5.41) is 4.46. The molecule has 0 atom stereocenters. The van der Waals surface area contributed by atoms with E-state index in [1.807, 2.05) is 35.4 Å². The smallest absolute Gasteiger partial charge is 0.0954 e. The highest BCUT2D eigenvalue weighted by Gasteiger charge is 2.15. The Morgan fingerprint density at radius 2 is 1.90 bits per heavy atom. The van der Waals surface area contributed by atoms with Gasteiger partial charge >= 0.3 is 0 Å². The van der Waals surface area contributed by atoms with Gasteiger partial charge in [-0.2, -0.15) is 5.10 Å². The van der Waals surface area contributed by atoms with Crippen molar-refractivity contribution < 1.29 is 0 Å². The van der Waals surface area contributed by atoms with E-state index in [4.69, 9.17) is 0 Å². The van der Waals surface area contributed by atoms with Crippen molar-refractivity contribution >= 4 is 0 Å². The first kappa shape index (κ1) is 12.4. The average molecular weight is 278 g/mol. The summed E-state index contributed by atoms with van der Waals surface area (Å²) in [5.41, 5.74) is 5.01. The van der Waals surface area contributed by atoms with Crippen molar-refractivity contribution in [3.63, 3.8) is 0 Å². The maximum atomic E-state index is 4.55. The van der Waals surface area contributed by atoms with Gasteiger partial charge in [0.1, 0.15) is 0 Å². The minimum absolute atomic E-state index is 0.856. The first-order valence-electron chi connectivity index (χ1n) is 7.52. The number of imidazole rings is 1. The van der Waals surface area contributed by atoms with E-state index in [1.165, 1.54) is 29.8 Å². The van der Waals surface area contributed by atoms with Gasteiger partial charge in [-0.05, 0) is 37.8 Å². The Hall–Kier alpha value is -2.36. The summed E-state index contributed by atoms with van der Waals surface area (Å²) in [6.07, 6.45) is 10.9. The molecule has 21 heavy (non-hydrogen) atoms. The fourth-order valence-electron chi connectivity index (χ4n) is 3.03. The van der Waals surface area contributed by atoms with Gasteiger partial charge in [0.2, 0.25) is 0 Å². The first-order chi connectivity index (χ1) is 10.4. The van der Waals surface area contributed by atoms with Gasteiger partial charge in [0, 0.05) is 17.5 Å². The predicted molar refractivity (Wildman–Crippen MR) is 81.5 cm³/mol. The lowest BCUT2D eigenvalue weighted by atomic mass is 10.0. The fourth-order valence-corrected chi connectivity index (χ4v) is 3.03. The molecular formula is C17H18N4. The van der Waals surface area contributed by atoms with E-state index >= 15 is 0 Å². The fraction of sp³-hybridized carbons (Fsp3) is 0.294. The van der Waals surface area contributed by atoms with Gasteiger partial charge < -0.3 is 4.57 Å². The third kappa shape index (κ3) is 2.37. The summed E-state index contributed by atoms with van der Waals surface area (Å²) >= 11 is 0. The minimum atomic E-state index is 0.856. The Balaban J connectivity index is 1.58. The van der Waals surface area contributed by atoms with Gasteiger partial charge in [0.15, 0.2) is 0 Å². The number of aromatic nitrogens is 4. The Labute approximate surface area is 124 Å². The molecule has 4 nitrogen and oxygen atoms in total. The predicted octanol–water partition coefficient (Wildman–Crippen LogP) is 3.00. The molecule has 0 bridgehead atoms. The van der Waals surface area contributed by atoms with Gasteiger partial charge in [-0.1, -0.05) is 18.2 Å². The van der Waals surface area contributed by atoms with Crippen molar-refractivity contribution in [3.8, 4) is 5.69 Å². The van der Waals surface area contributed by atoms with E-state index in [0.717, 1.165) is 25.1 Å². The summed E-state index contributed by atoms with van der Waals surface area (Å²) in [6.45, 7) is 0.856. The summed E-state index contributed by atoms with van der Waals surface area (Å²) in [6, 6.07) is 10.2. The van der Waals surface area contributed by atoms with Gasteiger partial charge in [-0.15, -0.1) is 0 Å². The quantitative estimate of drug-likeness (QED) is 0.738. The van der Waals surface area contributed by atoms with Crippen molar-refractivity contribution in [1.82, 2.24) is 19.3 Å². The van der Waals surface area contributed by atoms with E-state index in [9.17, 15) is 0 Å². The molecule has 1 aromatic carbocycles. The number of para-hydroxylation sites is 1. The van der Waals surface area contributed by atoms with Crippen LogP contribution in [-0.4, -0.2) is 19.3 Å². The molecule has 2 aromatic heterocycles. The molecule has 3 aromatic rings. The molecule has 0 radical (unpaired) electrons. The Morgan fingerprint density at radius 1 is 1.05 bits per heavy atom. The van der Waals surface area contributed by atoms with Crippen molar-refractivity contribution in [2.75, 3.05) is 0 Å². The zero-order chi connectivity index (χ0) is 14.1. The molecule has 0 saturated heterocycles. The third-order valence-corrected chi connectivity index (χ3v) is 4.12. The summed E-state index contributed by atoms with van der Waals surface area (Å²) < 4.78 is 4.21. The number of nitrogens with zero attached hydrogens (tertiary/aromatic N) is 4. The minimum Gasteiger partial charge on any atom is -0.330 e. The number of rotatable bonds is 3. The van der Waals surface area contributed by atoms with Crippen molar-refractivity contribution in [2.45, 2.75) is 32.2 Å². The summed E-state index contributed by atoms with van der Waals surface area (Å²) in [5.74, 6) is 0. The molecule has 0 saturated carbocycles. The number of aryl methyl sites for hydroxylation is 1. The topological polar surface area (TPSA) is 35.6 Å². The molecule has 4 rings (SSSR count). The van der Waals surface area contributed by atoms with Gasteiger partial charge in [0.05, 0.1) is 30.5 Å². The van der Waals surface area contributed by atoms with E-state index in [-0.39, 0.29) is 0 Å². The molecule has 106 valence electrons. The standard InChI is InChI=1S/C17H18N4/c1-2-6-15(7-3-1)21-12-14(10-19-21)11-20-13-18-16-8-4-5-9-17(16)20/h1-3,6-7,10,12-13H,4-5,8-9,11H2. The molecule has 0 fully saturated rings. The number of fused-ring (bicyclic) bond motifs is 1. The molecule has 1 aliphatic rings. The lowest BCUT2D eigenvalue weighted by molar-refractivity contribution is 0.628. The highest BCUT2D eigenvalue weighted by molar-refractivity contribution is 5.31. The summed E-state index contributed by atoms with van der Waals surface area (Å²) in [4.78, 5) is 4.55. The second kappa shape index (κ2) is 5.20. The zero-order valence-electron chi connectivity index (χ0n) is 11.9. The van der Waals surface area contributed by atoms with Crippen LogP contribution in [0.4, 0.5) is 0 Å². The van der Waals surface area contributed by atoms with E-state index in [2.05, 4.69) is 33.0 Å². The maximum Gasteiger partial charge on any atom is 0.0954 e. The second-order valence-electron chi connectivity index (χ2n) is 5.60. The Kier molecular flexibility index (Phi) is 3.07. The van der Waals surface area contributed by atoms with Crippen molar-refractivity contribution in [3.05, 3.63) is 66.0 Å². The third-order valence-electron chi connectivity index (χ3n) is 4.12. The van der Waals surface area contributed by atoms with E-state index < -0.39 is 0 Å². The maximum absolute atomic E-state index is 4.55. The lowest BCUT2D eigenvalue weighted by Crippen LogP contribution is -2.08. The molecule has 4 heteroatoms. The van der Waals surface area contributed by atoms with Crippen LogP contribution in [0.2, 0.25) is 0 Å². The number of benzene rings is 1. The Bertz CT molecular complexity index is 739. The molecule has 1 aliphatic carbocycles. The largest absolute Gasteiger partial charge is 0.330 e. The molecule has 0 amide bonds. The SMILES string of the molecule is c1ccc(-n2cc(Cn3cnc4c3CCCC4)cn2)cc1. The van der Waals surface area contributed by atoms with Crippen LogP contribution in [0.1, 0.15) is 29.8 Å². The van der Waals surface area contributed by atoms with Crippen LogP contribution in [0, 0.1) is 0 Å². The molecule has 0 aliphatic heterocycles. The van der Waals surface area contributed by atoms with Crippen LogP contribution < -0.4 is 0 Å². The first-order valence-corrected chi connectivity index (χ1v) is 7.52. The molecule has 2 heterocycles. The van der Waals surface area contributed by atoms with Crippen LogP contribution in [0.25, 0.3) is 5.69 Å². The van der Waals surface area contributed by atoms with E-state index in [1.54, 1.807) is 0 Å². The average Bonchev–Trinajstić information content (AvgIpc) is 3.17. The normalized spacial score (nSPS) is 14.1. The van der Waals surface area contributed by atoms with Gasteiger partial charge in [-0.3, -0.25) is 0 Å². The van der Waals surface area contributed by atoms with Crippen LogP contribution >= 0.6 is 0 Å². The molecule has 0 unspecified atom stereocenters. The van der Waals surface area contributed by atoms with Crippen LogP contribution in [-0.2, 0) is 19.4 Å². The van der Waals surface area contributed by atoms with E-state index in [0.29, 0.717) is 0 Å². The van der Waals surface area contributed by atoms with Crippen molar-refractivity contribution in [1.29, 1.82) is 0 Å². The summed E-state index contributed by atoms with van der Waals surface area (Å²) in [7, 11) is 0. The van der Waals surface area contributed by atoms with Gasteiger partial charge in [-0.25, -0.2) is 9.67 Å². The number of hydrogen-bond acceptors (Lipinski definition) is 2.